The second-order valence-electron chi connectivity index (χ2n) is 13.0. The Balaban J connectivity index is 0.992. The first-order valence-electron chi connectivity index (χ1n) is 16.2. The average molecular weight is 689 g/mol. The number of halogens is 3. The maximum Gasteiger partial charge on any atom is 0.393 e. The SMILES string of the molecule is C=CC(=O)Nc1ccc(C2(O)CC2N2c3ccc(CN4CCC(Nc5ncnc6sc(CC(F)(F)F)cc56)CC4)c(C)c3CC2C#N)cn1. The van der Waals surface area contributed by atoms with Gasteiger partial charge in [0.25, 0.3) is 0 Å². The Kier molecular flexibility index (Phi) is 8.54. The van der Waals surface area contributed by atoms with Crippen LogP contribution in [0.25, 0.3) is 10.2 Å². The number of aromatic nitrogens is 3. The number of alkyl halides is 3. The fraction of sp³-hybridized carbons (Fsp3) is 0.400. The number of nitriles is 1. The van der Waals surface area contributed by atoms with Gasteiger partial charge in [0.05, 0.1) is 23.9 Å². The highest BCUT2D eigenvalue weighted by atomic mass is 32.1. The summed E-state index contributed by atoms with van der Waals surface area (Å²) in [5.41, 5.74) is 3.94. The molecule has 3 N–H and O–H groups in total. The van der Waals surface area contributed by atoms with Crippen LogP contribution in [0, 0.1) is 18.3 Å². The molecule has 2 aliphatic heterocycles. The Morgan fingerprint density at radius 3 is 2.71 bits per heavy atom. The molecule has 3 atom stereocenters. The van der Waals surface area contributed by atoms with E-state index in [1.165, 1.54) is 11.9 Å². The maximum atomic E-state index is 13.0. The number of amides is 1. The minimum Gasteiger partial charge on any atom is -0.383 e. The van der Waals surface area contributed by atoms with Crippen LogP contribution >= 0.6 is 11.3 Å². The van der Waals surface area contributed by atoms with Crippen molar-refractivity contribution in [2.45, 2.75) is 75.5 Å². The van der Waals surface area contributed by atoms with Gasteiger partial charge in [-0.3, -0.25) is 9.69 Å². The van der Waals surface area contributed by atoms with Crippen molar-refractivity contribution in [1.82, 2.24) is 19.9 Å². The molecule has 0 radical (unpaired) electrons. The molecule has 1 amide bonds. The highest BCUT2D eigenvalue weighted by molar-refractivity contribution is 7.18. The number of carbonyl (C=O) groups excluding carboxylic acids is 1. The van der Waals surface area contributed by atoms with Crippen LogP contribution in [0.3, 0.4) is 0 Å². The van der Waals surface area contributed by atoms with Gasteiger partial charge in [-0.05, 0) is 60.7 Å². The number of nitrogens with one attached hydrogen (secondary N) is 2. The standard InChI is InChI=1S/C35H35F3N8O2S/c1-3-31(47)44-30-7-5-22(17-40-30)34(48)15-29(34)46-24(16-39)12-26-20(2)21(4-6-28(26)46)18-45-10-8-23(9-11-45)43-32-27-13-25(14-35(36,37)38)49-33(27)42-19-41-32/h3-7,13,17,19,23-24,29,48H,1,8-12,14-15,18H2,2H3,(H,40,44,47)(H,41,42,43). The molecule has 49 heavy (non-hydrogen) atoms. The van der Waals surface area contributed by atoms with E-state index in [9.17, 15) is 28.3 Å². The fourth-order valence-electron chi connectivity index (χ4n) is 7.16. The maximum absolute atomic E-state index is 13.0. The minimum atomic E-state index is -4.27. The van der Waals surface area contributed by atoms with E-state index in [4.69, 9.17) is 0 Å². The normalized spacial score (nSPS) is 22.5. The van der Waals surface area contributed by atoms with Crippen molar-refractivity contribution in [3.05, 3.63) is 82.6 Å². The van der Waals surface area contributed by atoms with E-state index < -0.39 is 24.2 Å². The van der Waals surface area contributed by atoms with Gasteiger partial charge in [0.2, 0.25) is 5.91 Å². The first-order valence-corrected chi connectivity index (χ1v) is 17.0. The quantitative estimate of drug-likeness (QED) is 0.192. The van der Waals surface area contributed by atoms with Crippen molar-refractivity contribution in [2.24, 2.45) is 0 Å². The Morgan fingerprint density at radius 1 is 1.22 bits per heavy atom. The lowest BCUT2D eigenvalue weighted by molar-refractivity contribution is -0.126. The molecule has 3 unspecified atom stereocenters. The minimum absolute atomic E-state index is 0.140. The fourth-order valence-corrected chi connectivity index (χ4v) is 8.19. The lowest BCUT2D eigenvalue weighted by Gasteiger charge is -2.33. The molecule has 3 aromatic heterocycles. The number of hydrogen-bond acceptors (Lipinski definition) is 10. The molecule has 5 heterocycles. The van der Waals surface area contributed by atoms with Gasteiger partial charge in [-0.1, -0.05) is 18.7 Å². The smallest absolute Gasteiger partial charge is 0.383 e. The van der Waals surface area contributed by atoms with Crippen LogP contribution in [0.2, 0.25) is 0 Å². The van der Waals surface area contributed by atoms with E-state index >= 15 is 0 Å². The Morgan fingerprint density at radius 2 is 2.02 bits per heavy atom. The van der Waals surface area contributed by atoms with Crippen LogP contribution in [-0.2, 0) is 29.8 Å². The molecule has 7 rings (SSSR count). The Hall–Kier alpha value is -4.58. The first-order chi connectivity index (χ1) is 23.5. The van der Waals surface area contributed by atoms with Crippen molar-refractivity contribution in [3.63, 3.8) is 0 Å². The van der Waals surface area contributed by atoms with Crippen molar-refractivity contribution in [3.8, 4) is 6.07 Å². The van der Waals surface area contributed by atoms with Crippen LogP contribution in [0.4, 0.5) is 30.5 Å². The molecule has 10 nitrogen and oxygen atoms in total. The van der Waals surface area contributed by atoms with Gasteiger partial charge in [0.15, 0.2) is 0 Å². The van der Waals surface area contributed by atoms with E-state index in [0.717, 1.165) is 66.7 Å². The van der Waals surface area contributed by atoms with E-state index in [0.29, 0.717) is 40.3 Å². The number of likely N-dealkylation sites (tertiary alicyclic amines) is 1. The molecule has 0 spiro atoms. The number of carbonyl (C=O) groups is 1. The molecule has 4 aromatic rings. The molecule has 254 valence electrons. The number of piperidine rings is 1. The third kappa shape index (κ3) is 6.58. The number of rotatable bonds is 9. The molecule has 1 saturated carbocycles. The van der Waals surface area contributed by atoms with Gasteiger partial charge in [0, 0.05) is 60.8 Å². The highest BCUT2D eigenvalue weighted by Crippen LogP contribution is 2.53. The summed E-state index contributed by atoms with van der Waals surface area (Å²) >= 11 is 1.05. The van der Waals surface area contributed by atoms with Crippen molar-refractivity contribution in [2.75, 3.05) is 28.6 Å². The third-order valence-electron chi connectivity index (χ3n) is 9.86. The zero-order valence-corrected chi connectivity index (χ0v) is 27.6. The topological polar surface area (TPSA) is 130 Å². The lowest BCUT2D eigenvalue weighted by atomic mass is 9.97. The van der Waals surface area contributed by atoms with Crippen LogP contribution in [0.5, 0.6) is 0 Å². The summed E-state index contributed by atoms with van der Waals surface area (Å²) < 4.78 is 38.9. The van der Waals surface area contributed by atoms with Gasteiger partial charge in [-0.15, -0.1) is 11.3 Å². The number of aliphatic hydroxyl groups is 1. The second-order valence-corrected chi connectivity index (χ2v) is 14.1. The summed E-state index contributed by atoms with van der Waals surface area (Å²) in [6.07, 6.45) is 1.64. The third-order valence-corrected chi connectivity index (χ3v) is 10.9. The zero-order valence-electron chi connectivity index (χ0n) is 26.8. The number of anilines is 3. The van der Waals surface area contributed by atoms with Crippen molar-refractivity contribution in [1.29, 1.82) is 5.26 Å². The summed E-state index contributed by atoms with van der Waals surface area (Å²) in [6, 6.07) is 11.1. The number of thiophene rings is 1. The molecular weight excluding hydrogens is 653 g/mol. The van der Waals surface area contributed by atoms with E-state index in [2.05, 4.69) is 67.1 Å². The largest absolute Gasteiger partial charge is 0.393 e. The van der Waals surface area contributed by atoms with Crippen LogP contribution < -0.4 is 15.5 Å². The van der Waals surface area contributed by atoms with Gasteiger partial charge in [0.1, 0.15) is 34.4 Å². The average Bonchev–Trinajstić information content (AvgIpc) is 3.38. The molecule has 2 fully saturated rings. The number of benzene rings is 1. The zero-order chi connectivity index (χ0) is 34.5. The second kappa shape index (κ2) is 12.7. The van der Waals surface area contributed by atoms with Crippen LogP contribution in [0.15, 0.2) is 55.5 Å². The number of nitrogens with zero attached hydrogens (tertiary/aromatic N) is 6. The van der Waals surface area contributed by atoms with Gasteiger partial charge in [-0.2, -0.15) is 18.4 Å². The van der Waals surface area contributed by atoms with Gasteiger partial charge >= 0.3 is 6.18 Å². The molecule has 14 heteroatoms. The number of pyridine rings is 1. The molecule has 3 aliphatic rings. The number of hydrogen-bond donors (Lipinski definition) is 3. The summed E-state index contributed by atoms with van der Waals surface area (Å²) in [4.78, 5) is 29.6. The van der Waals surface area contributed by atoms with Crippen LogP contribution in [-0.4, -0.2) is 68.3 Å². The highest BCUT2D eigenvalue weighted by Gasteiger charge is 2.60. The summed E-state index contributed by atoms with van der Waals surface area (Å²) in [6.45, 7) is 8.00. The van der Waals surface area contributed by atoms with Crippen molar-refractivity contribution >= 4 is 44.8 Å². The van der Waals surface area contributed by atoms with E-state index in [-0.39, 0.29) is 22.9 Å². The molecule has 1 saturated heterocycles. The first kappa shape index (κ1) is 32.9. The Labute approximate surface area is 285 Å². The predicted molar refractivity (Wildman–Crippen MR) is 181 cm³/mol. The van der Waals surface area contributed by atoms with Gasteiger partial charge in [-0.25, -0.2) is 15.0 Å². The Bertz CT molecular complexity index is 1950. The van der Waals surface area contributed by atoms with Crippen molar-refractivity contribution < 1.29 is 23.1 Å². The van der Waals surface area contributed by atoms with E-state index in [1.54, 1.807) is 24.4 Å². The number of fused-ring (bicyclic) bond motifs is 2. The van der Waals surface area contributed by atoms with E-state index in [1.807, 2.05) is 0 Å². The molecule has 1 aliphatic carbocycles. The summed E-state index contributed by atoms with van der Waals surface area (Å²) in [5.74, 6) is 0.577. The summed E-state index contributed by atoms with van der Waals surface area (Å²) in [5, 5.41) is 28.4. The van der Waals surface area contributed by atoms with Gasteiger partial charge < -0.3 is 20.6 Å². The monoisotopic (exact) mass is 688 g/mol. The van der Waals surface area contributed by atoms with Crippen LogP contribution in [0.1, 0.15) is 46.4 Å². The molecule has 0 bridgehead atoms. The predicted octanol–water partition coefficient (Wildman–Crippen LogP) is 5.62. The molecule has 1 aromatic carbocycles. The molecular formula is C35H35F3N8O2S. The lowest BCUT2D eigenvalue weighted by Crippen LogP contribution is -2.39. The summed E-state index contributed by atoms with van der Waals surface area (Å²) in [7, 11) is 0.